The molecule has 0 atom stereocenters. The number of H-pyrrole nitrogens is 1. The highest BCUT2D eigenvalue weighted by Gasteiger charge is 2.20. The standard InChI is InChI=1S/C10H8BF2NO3/c1-4-9(13)5-2-7(11(16)17)8(12)3-6(5)10(15)14-4/h2-3,16-17H,1H3,(H,14,15). The van der Waals surface area contributed by atoms with Crippen LogP contribution in [0.5, 0.6) is 0 Å². The molecule has 0 fully saturated rings. The van der Waals surface area contributed by atoms with Gasteiger partial charge in [-0.15, -0.1) is 0 Å². The fraction of sp³-hybridized carbons (Fsp3) is 0.100. The Balaban J connectivity index is 2.94. The molecule has 0 aliphatic heterocycles. The van der Waals surface area contributed by atoms with Gasteiger partial charge in [0.1, 0.15) is 11.6 Å². The van der Waals surface area contributed by atoms with E-state index >= 15 is 0 Å². The molecule has 0 aliphatic rings. The summed E-state index contributed by atoms with van der Waals surface area (Å²) in [6.07, 6.45) is 0. The lowest BCUT2D eigenvalue weighted by molar-refractivity contribution is 0.423. The van der Waals surface area contributed by atoms with Gasteiger partial charge in [-0.25, -0.2) is 8.78 Å². The topological polar surface area (TPSA) is 73.3 Å². The van der Waals surface area contributed by atoms with Gasteiger partial charge in [-0.1, -0.05) is 0 Å². The number of aromatic amines is 1. The molecule has 2 aromatic rings. The number of hydrogen-bond donors (Lipinski definition) is 3. The van der Waals surface area contributed by atoms with Crippen molar-refractivity contribution in [1.82, 2.24) is 4.98 Å². The Labute approximate surface area is 94.7 Å². The largest absolute Gasteiger partial charge is 0.491 e. The van der Waals surface area contributed by atoms with Crippen molar-refractivity contribution in [1.29, 1.82) is 0 Å². The fourth-order valence-corrected chi connectivity index (χ4v) is 1.65. The van der Waals surface area contributed by atoms with Crippen molar-refractivity contribution in [3.8, 4) is 0 Å². The molecule has 7 heteroatoms. The van der Waals surface area contributed by atoms with Crippen LogP contribution < -0.4 is 11.0 Å². The lowest BCUT2D eigenvalue weighted by Crippen LogP contribution is -2.33. The van der Waals surface area contributed by atoms with E-state index in [0.717, 1.165) is 12.1 Å². The van der Waals surface area contributed by atoms with Crippen LogP contribution in [0.1, 0.15) is 5.69 Å². The summed E-state index contributed by atoms with van der Waals surface area (Å²) >= 11 is 0. The second-order valence-electron chi connectivity index (χ2n) is 3.69. The molecule has 2 rings (SSSR count). The first-order valence-corrected chi connectivity index (χ1v) is 4.79. The Morgan fingerprint density at radius 3 is 2.47 bits per heavy atom. The third-order valence-electron chi connectivity index (χ3n) is 2.53. The zero-order valence-electron chi connectivity index (χ0n) is 8.79. The van der Waals surface area contributed by atoms with E-state index in [0.29, 0.717) is 0 Å². The number of hydrogen-bond acceptors (Lipinski definition) is 3. The van der Waals surface area contributed by atoms with E-state index < -0.39 is 29.8 Å². The molecule has 0 unspecified atom stereocenters. The van der Waals surface area contributed by atoms with Crippen LogP contribution in [0.4, 0.5) is 8.78 Å². The van der Waals surface area contributed by atoms with Gasteiger partial charge in [0.2, 0.25) is 0 Å². The zero-order chi connectivity index (χ0) is 12.7. The minimum absolute atomic E-state index is 0.00693. The predicted octanol–water partition coefficient (Wildman–Crippen LogP) is -0.205. The first kappa shape index (κ1) is 11.8. The number of aryl methyl sites for hydroxylation is 1. The van der Waals surface area contributed by atoms with Crippen LogP contribution >= 0.6 is 0 Å². The third-order valence-corrected chi connectivity index (χ3v) is 2.53. The molecule has 0 aliphatic carbocycles. The van der Waals surface area contributed by atoms with Crippen molar-refractivity contribution in [2.75, 3.05) is 0 Å². The first-order chi connectivity index (χ1) is 7.91. The average Bonchev–Trinajstić information content (AvgIpc) is 2.25. The first-order valence-electron chi connectivity index (χ1n) is 4.79. The summed E-state index contributed by atoms with van der Waals surface area (Å²) in [4.78, 5) is 13.7. The van der Waals surface area contributed by atoms with Gasteiger partial charge in [-0.05, 0) is 19.1 Å². The van der Waals surface area contributed by atoms with Crippen LogP contribution in [-0.4, -0.2) is 22.2 Å². The van der Waals surface area contributed by atoms with Crippen molar-refractivity contribution in [2.45, 2.75) is 6.92 Å². The Kier molecular flexibility index (Phi) is 2.72. The number of nitrogens with one attached hydrogen (secondary N) is 1. The molecule has 0 saturated carbocycles. The van der Waals surface area contributed by atoms with Gasteiger partial charge in [0.15, 0.2) is 0 Å². The van der Waals surface area contributed by atoms with E-state index in [1.807, 2.05) is 0 Å². The molecular formula is C10H8BF2NO3. The van der Waals surface area contributed by atoms with Crippen LogP contribution in [0.15, 0.2) is 16.9 Å². The number of pyridine rings is 1. The maximum atomic E-state index is 13.7. The summed E-state index contributed by atoms with van der Waals surface area (Å²) in [6, 6.07) is 1.71. The summed E-state index contributed by atoms with van der Waals surface area (Å²) in [5.74, 6) is -1.69. The molecular weight excluding hydrogens is 231 g/mol. The lowest BCUT2D eigenvalue weighted by atomic mass is 9.79. The predicted molar refractivity (Wildman–Crippen MR) is 59.0 cm³/mol. The number of rotatable bonds is 1. The van der Waals surface area contributed by atoms with E-state index in [9.17, 15) is 13.6 Å². The van der Waals surface area contributed by atoms with Crippen molar-refractivity contribution in [2.24, 2.45) is 0 Å². The normalized spacial score (nSPS) is 10.9. The second kappa shape index (κ2) is 3.94. The quantitative estimate of drug-likeness (QED) is 0.603. The smallest absolute Gasteiger partial charge is 0.423 e. The molecule has 0 bridgehead atoms. The van der Waals surface area contributed by atoms with Crippen molar-refractivity contribution >= 4 is 23.4 Å². The highest BCUT2D eigenvalue weighted by molar-refractivity contribution is 6.59. The van der Waals surface area contributed by atoms with E-state index in [2.05, 4.69) is 4.98 Å². The summed E-state index contributed by atoms with van der Waals surface area (Å²) in [5.41, 5.74) is -1.09. The molecule has 3 N–H and O–H groups in total. The highest BCUT2D eigenvalue weighted by Crippen LogP contribution is 2.16. The molecule has 0 radical (unpaired) electrons. The summed E-state index contributed by atoms with van der Waals surface area (Å²) in [5, 5.41) is 17.5. The number of fused-ring (bicyclic) bond motifs is 1. The molecule has 1 heterocycles. The monoisotopic (exact) mass is 239 g/mol. The average molecular weight is 239 g/mol. The van der Waals surface area contributed by atoms with Gasteiger partial charge in [-0.2, -0.15) is 0 Å². The molecule has 0 amide bonds. The molecule has 1 aromatic carbocycles. The Bertz CT molecular complexity index is 654. The van der Waals surface area contributed by atoms with Gasteiger partial charge in [0.05, 0.1) is 11.1 Å². The van der Waals surface area contributed by atoms with Crippen LogP contribution in [0.25, 0.3) is 10.8 Å². The lowest BCUT2D eigenvalue weighted by Gasteiger charge is -2.06. The van der Waals surface area contributed by atoms with Gasteiger partial charge in [-0.3, -0.25) is 4.79 Å². The third kappa shape index (κ3) is 1.83. The molecule has 17 heavy (non-hydrogen) atoms. The SMILES string of the molecule is Cc1[nH]c(=O)c2cc(F)c(B(O)O)cc2c1F. The van der Waals surface area contributed by atoms with E-state index in [4.69, 9.17) is 10.0 Å². The van der Waals surface area contributed by atoms with E-state index in [1.165, 1.54) is 6.92 Å². The van der Waals surface area contributed by atoms with Crippen molar-refractivity contribution in [3.63, 3.8) is 0 Å². The minimum Gasteiger partial charge on any atom is -0.423 e. The summed E-state index contributed by atoms with van der Waals surface area (Å²) < 4.78 is 27.1. The molecule has 0 spiro atoms. The van der Waals surface area contributed by atoms with E-state index in [-0.39, 0.29) is 16.5 Å². The Hall–Kier alpha value is -1.73. The summed E-state index contributed by atoms with van der Waals surface area (Å²) in [6.45, 7) is 1.36. The summed E-state index contributed by atoms with van der Waals surface area (Å²) in [7, 11) is -2.06. The molecule has 88 valence electrons. The van der Waals surface area contributed by atoms with E-state index in [1.54, 1.807) is 0 Å². The van der Waals surface area contributed by atoms with Crippen LogP contribution in [0.2, 0.25) is 0 Å². The van der Waals surface area contributed by atoms with Crippen molar-refractivity contribution in [3.05, 3.63) is 39.8 Å². The number of halogens is 2. The molecule has 4 nitrogen and oxygen atoms in total. The van der Waals surface area contributed by atoms with Crippen LogP contribution in [-0.2, 0) is 0 Å². The van der Waals surface area contributed by atoms with Gasteiger partial charge in [0, 0.05) is 10.8 Å². The van der Waals surface area contributed by atoms with Crippen LogP contribution in [0.3, 0.4) is 0 Å². The fourth-order valence-electron chi connectivity index (χ4n) is 1.65. The Morgan fingerprint density at radius 1 is 1.24 bits per heavy atom. The second-order valence-corrected chi connectivity index (χ2v) is 3.69. The highest BCUT2D eigenvalue weighted by atomic mass is 19.1. The minimum atomic E-state index is -2.06. The van der Waals surface area contributed by atoms with Crippen molar-refractivity contribution < 1.29 is 18.8 Å². The maximum absolute atomic E-state index is 13.7. The number of aromatic nitrogens is 1. The zero-order valence-corrected chi connectivity index (χ0v) is 8.79. The molecule has 1 aromatic heterocycles. The molecule has 0 saturated heterocycles. The Morgan fingerprint density at radius 2 is 1.88 bits per heavy atom. The van der Waals surface area contributed by atoms with Gasteiger partial charge >= 0.3 is 7.12 Å². The van der Waals surface area contributed by atoms with Gasteiger partial charge < -0.3 is 15.0 Å². The van der Waals surface area contributed by atoms with Gasteiger partial charge in [0.25, 0.3) is 5.56 Å². The number of benzene rings is 1. The maximum Gasteiger partial charge on any atom is 0.491 e. The van der Waals surface area contributed by atoms with Crippen LogP contribution in [0, 0.1) is 18.6 Å².